The van der Waals surface area contributed by atoms with Gasteiger partial charge in [0.25, 0.3) is 0 Å². The highest BCUT2D eigenvalue weighted by Crippen LogP contribution is 2.23. The maximum atomic E-state index is 12.5. The van der Waals surface area contributed by atoms with Crippen LogP contribution < -0.4 is 27.4 Å². The molecule has 6 nitrogen and oxygen atoms in total. The molecular formula is C21H19B4N5O. The number of hydrogen-bond donors (Lipinski definition) is 1. The molecule has 1 amide bonds. The normalized spacial score (nSPS) is 15.3. The van der Waals surface area contributed by atoms with Crippen molar-refractivity contribution in [3.05, 3.63) is 30.5 Å². The minimum absolute atomic E-state index is 0.0865. The highest BCUT2D eigenvalue weighted by molar-refractivity contribution is 6.59. The van der Waals surface area contributed by atoms with Crippen LogP contribution in [0.25, 0.3) is 21.9 Å². The summed E-state index contributed by atoms with van der Waals surface area (Å²) in [6, 6.07) is 7.50. The molecule has 10 heteroatoms. The first-order chi connectivity index (χ1) is 14.8. The number of anilines is 1. The van der Waals surface area contributed by atoms with Crippen LogP contribution in [0.5, 0.6) is 0 Å². The Balaban J connectivity index is 1.57. The summed E-state index contributed by atoms with van der Waals surface area (Å²) < 4.78 is 0. The Labute approximate surface area is 187 Å². The van der Waals surface area contributed by atoms with E-state index in [-0.39, 0.29) is 22.6 Å². The summed E-state index contributed by atoms with van der Waals surface area (Å²) in [6.07, 6.45) is 1.72. The Hall–Kier alpha value is -2.57. The highest BCUT2D eigenvalue weighted by atomic mass is 16.2. The molecule has 1 N–H and O–H groups in total. The lowest BCUT2D eigenvalue weighted by Crippen LogP contribution is -2.47. The minimum atomic E-state index is -0.0865. The van der Waals surface area contributed by atoms with Gasteiger partial charge in [-0.25, -0.2) is 4.98 Å². The quantitative estimate of drug-likeness (QED) is 0.497. The number of nitrogens with one attached hydrogen (secondary N) is 1. The number of amides is 1. The third-order valence-corrected chi connectivity index (χ3v) is 5.57. The number of pyridine rings is 2. The zero-order valence-corrected chi connectivity index (χ0v) is 17.4. The zero-order valence-electron chi connectivity index (χ0n) is 17.4. The van der Waals surface area contributed by atoms with E-state index in [4.69, 9.17) is 31.4 Å². The minimum Gasteiger partial charge on any atom is -0.310 e. The molecule has 0 atom stereocenters. The Morgan fingerprint density at radius 3 is 2.48 bits per heavy atom. The molecule has 0 spiro atoms. The Morgan fingerprint density at radius 2 is 1.74 bits per heavy atom. The van der Waals surface area contributed by atoms with Crippen molar-refractivity contribution in [1.29, 1.82) is 0 Å². The van der Waals surface area contributed by atoms with Gasteiger partial charge in [0.05, 0.1) is 6.54 Å². The van der Waals surface area contributed by atoms with Crippen molar-refractivity contribution in [1.82, 2.24) is 19.8 Å². The van der Waals surface area contributed by atoms with Crippen molar-refractivity contribution in [2.45, 2.75) is 0 Å². The topological polar surface area (TPSA) is 61.4 Å². The standard InChI is InChI=1S/C21H19B4N5O/c1-29-4-6-30(7-5-29)11-16(31)27-15-9-14-8-12(2-3-13(14)10-26-15)17-18(22)19(23)21(25)28-20(17)24/h2-3,8-10H,4-7,11H2,1H3,(H,26,27,31). The molecule has 2 aromatic heterocycles. The summed E-state index contributed by atoms with van der Waals surface area (Å²) in [7, 11) is 26.0. The summed E-state index contributed by atoms with van der Waals surface area (Å²) in [6.45, 7) is 4.01. The van der Waals surface area contributed by atoms with Crippen molar-refractivity contribution in [3.8, 4) is 11.1 Å². The molecule has 1 fully saturated rings. The van der Waals surface area contributed by atoms with E-state index in [2.05, 4.69) is 32.1 Å². The van der Waals surface area contributed by atoms with Gasteiger partial charge in [0, 0.05) is 37.8 Å². The third-order valence-electron chi connectivity index (χ3n) is 5.57. The molecular weight excluding hydrogens is 382 g/mol. The number of nitrogens with zero attached hydrogens (tertiary/aromatic N) is 4. The van der Waals surface area contributed by atoms with Gasteiger partial charge >= 0.3 is 0 Å². The lowest BCUT2D eigenvalue weighted by molar-refractivity contribution is -0.117. The number of benzene rings is 1. The number of rotatable bonds is 4. The summed E-state index contributed by atoms with van der Waals surface area (Å²) in [5.74, 6) is 0.399. The van der Waals surface area contributed by atoms with Gasteiger partial charge in [0.15, 0.2) is 0 Å². The molecule has 1 aliphatic rings. The summed E-state index contributed by atoms with van der Waals surface area (Å²) in [5.41, 5.74) is 2.09. The van der Waals surface area contributed by atoms with E-state index in [9.17, 15) is 4.79 Å². The first-order valence-electron chi connectivity index (χ1n) is 10.0. The largest absolute Gasteiger partial charge is 0.310 e. The van der Waals surface area contributed by atoms with Crippen LogP contribution in [-0.4, -0.2) is 96.8 Å². The van der Waals surface area contributed by atoms with E-state index in [1.54, 1.807) is 6.20 Å². The molecule has 1 saturated heterocycles. The SMILES string of the molecule is [B]c1nc([B])c(-c2ccc3cnc(NC(=O)CN4CCN(C)CC4)cc3c2)c([B])c1[B]. The fraction of sp³-hybridized carbons (Fsp3) is 0.286. The molecule has 3 aromatic rings. The number of carbonyl (C=O) groups is 1. The van der Waals surface area contributed by atoms with Gasteiger partial charge in [-0.05, 0) is 46.9 Å². The number of likely N-dealkylation sites (N-methyl/N-ethyl adjacent to an activating group) is 1. The van der Waals surface area contributed by atoms with Crippen LogP contribution >= 0.6 is 0 Å². The molecule has 1 aliphatic heterocycles. The molecule has 1 aromatic carbocycles. The number of piperazine rings is 1. The maximum absolute atomic E-state index is 12.5. The van der Waals surface area contributed by atoms with Crippen molar-refractivity contribution in [2.75, 3.05) is 45.1 Å². The second kappa shape index (κ2) is 8.89. The third kappa shape index (κ3) is 4.70. The molecule has 146 valence electrons. The van der Waals surface area contributed by atoms with Crippen LogP contribution in [0.3, 0.4) is 0 Å². The Bertz CT molecular complexity index is 1150. The van der Waals surface area contributed by atoms with Crippen LogP contribution in [0, 0.1) is 0 Å². The predicted octanol–water partition coefficient (Wildman–Crippen LogP) is -2.34. The van der Waals surface area contributed by atoms with Crippen molar-refractivity contribution < 1.29 is 4.79 Å². The highest BCUT2D eigenvalue weighted by Gasteiger charge is 2.17. The molecule has 4 rings (SSSR count). The van der Waals surface area contributed by atoms with Gasteiger partial charge < -0.3 is 10.2 Å². The fourth-order valence-corrected chi connectivity index (χ4v) is 3.72. The molecule has 0 unspecified atom stereocenters. The van der Waals surface area contributed by atoms with Gasteiger partial charge in [-0.2, -0.15) is 0 Å². The van der Waals surface area contributed by atoms with E-state index in [1.807, 2.05) is 24.3 Å². The molecule has 0 saturated carbocycles. The van der Waals surface area contributed by atoms with Crippen molar-refractivity contribution in [2.24, 2.45) is 0 Å². The lowest BCUT2D eigenvalue weighted by Gasteiger charge is -2.31. The van der Waals surface area contributed by atoms with Gasteiger partial charge in [-0.3, -0.25) is 14.7 Å². The van der Waals surface area contributed by atoms with E-state index in [1.165, 1.54) is 0 Å². The molecule has 0 bridgehead atoms. The van der Waals surface area contributed by atoms with Crippen molar-refractivity contribution in [3.63, 3.8) is 0 Å². The summed E-state index contributed by atoms with van der Waals surface area (Å²) >= 11 is 0. The second-order valence-electron chi connectivity index (χ2n) is 7.84. The van der Waals surface area contributed by atoms with Crippen LogP contribution in [0.15, 0.2) is 30.5 Å². The van der Waals surface area contributed by atoms with Crippen LogP contribution in [-0.2, 0) is 4.79 Å². The van der Waals surface area contributed by atoms with E-state index in [0.29, 0.717) is 23.4 Å². The fourth-order valence-electron chi connectivity index (χ4n) is 3.72. The summed E-state index contributed by atoms with van der Waals surface area (Å²) in [4.78, 5) is 25.3. The lowest BCUT2D eigenvalue weighted by atomic mass is 9.70. The average Bonchev–Trinajstić information content (AvgIpc) is 2.73. The van der Waals surface area contributed by atoms with E-state index >= 15 is 0 Å². The first-order valence-corrected chi connectivity index (χ1v) is 10.0. The first kappa shape index (κ1) is 21.7. The monoisotopic (exact) mass is 401 g/mol. The van der Waals surface area contributed by atoms with E-state index < -0.39 is 0 Å². The number of aromatic nitrogens is 2. The molecule has 31 heavy (non-hydrogen) atoms. The Morgan fingerprint density at radius 1 is 1.00 bits per heavy atom. The van der Waals surface area contributed by atoms with Crippen LogP contribution in [0.4, 0.5) is 5.82 Å². The average molecular weight is 401 g/mol. The van der Waals surface area contributed by atoms with Gasteiger partial charge in [0.2, 0.25) is 5.91 Å². The van der Waals surface area contributed by atoms with Crippen LogP contribution in [0.2, 0.25) is 0 Å². The Kier molecular flexibility index (Phi) is 6.21. The number of fused-ring (bicyclic) bond motifs is 1. The van der Waals surface area contributed by atoms with Gasteiger partial charge in [-0.15, -0.1) is 0 Å². The molecule has 8 radical (unpaired) electrons. The summed E-state index contributed by atoms with van der Waals surface area (Å²) in [5, 5.41) is 4.67. The zero-order chi connectivity index (χ0) is 22.1. The number of hydrogen-bond acceptors (Lipinski definition) is 5. The van der Waals surface area contributed by atoms with Crippen molar-refractivity contribution >= 4 is 76.0 Å². The van der Waals surface area contributed by atoms with Gasteiger partial charge in [0.1, 0.15) is 37.2 Å². The van der Waals surface area contributed by atoms with Gasteiger partial charge in [-0.1, -0.05) is 23.1 Å². The smallest absolute Gasteiger partial charge is 0.239 e. The van der Waals surface area contributed by atoms with Crippen LogP contribution in [0.1, 0.15) is 0 Å². The molecule has 3 heterocycles. The maximum Gasteiger partial charge on any atom is 0.239 e. The molecule has 0 aliphatic carbocycles. The predicted molar refractivity (Wildman–Crippen MR) is 129 cm³/mol. The van der Waals surface area contributed by atoms with E-state index in [0.717, 1.165) is 42.5 Å². The second-order valence-corrected chi connectivity index (χ2v) is 7.84. The number of carbonyl (C=O) groups excluding carboxylic acids is 1.